The quantitative estimate of drug-likeness (QED) is 0.544. The third kappa shape index (κ3) is 2.33. The molecular formula is C26H26N2O3. The molecule has 0 saturated carbocycles. The molecule has 0 saturated heterocycles. The number of benzene rings is 1. The van der Waals surface area contributed by atoms with Gasteiger partial charge >= 0.3 is 0 Å². The summed E-state index contributed by atoms with van der Waals surface area (Å²) in [6.07, 6.45) is 5.10. The number of fused-ring (bicyclic) bond motifs is 5. The van der Waals surface area contributed by atoms with Gasteiger partial charge in [0.15, 0.2) is 5.78 Å². The smallest absolute Gasteiger partial charge is 0.254 e. The van der Waals surface area contributed by atoms with E-state index in [4.69, 9.17) is 4.98 Å². The highest BCUT2D eigenvalue weighted by molar-refractivity contribution is 5.93. The van der Waals surface area contributed by atoms with Crippen LogP contribution in [0.1, 0.15) is 66.5 Å². The molecule has 31 heavy (non-hydrogen) atoms. The van der Waals surface area contributed by atoms with E-state index in [1.54, 1.807) is 6.92 Å². The topological polar surface area (TPSA) is 72.2 Å². The minimum Gasteiger partial charge on any atom is -0.377 e. The SMILES string of the molecule is CCc1ccc2nc3c(c4c2c1CCC4)Cn1c-3cc2c(c1=O)CCC(=O)[C@]2(O)CC. The Bertz CT molecular complexity index is 1370. The average Bonchev–Trinajstić information content (AvgIpc) is 3.16. The predicted octanol–water partition coefficient (Wildman–Crippen LogP) is 3.59. The zero-order valence-corrected chi connectivity index (χ0v) is 18.0. The highest BCUT2D eigenvalue weighted by atomic mass is 16.3. The first-order chi connectivity index (χ1) is 15.0. The molecule has 3 aromatic rings. The largest absolute Gasteiger partial charge is 0.377 e. The Labute approximate surface area is 180 Å². The number of ketones is 1. The van der Waals surface area contributed by atoms with Crippen LogP contribution in [0.3, 0.4) is 0 Å². The standard InChI is InChI=1S/C26H26N2O3/c1-3-14-8-10-20-23-15(14)6-5-7-16(23)18-13-28-21(24(18)27-20)12-19-17(25(28)30)9-11-22(29)26(19,31)4-2/h8,10,12,31H,3-7,9,11,13H2,1-2H3/t26-/m0/s1. The number of hydrogen-bond acceptors (Lipinski definition) is 4. The minimum atomic E-state index is -1.57. The van der Waals surface area contributed by atoms with Crippen LogP contribution in [0.15, 0.2) is 23.0 Å². The normalized spacial score (nSPS) is 21.2. The van der Waals surface area contributed by atoms with Gasteiger partial charge in [-0.3, -0.25) is 9.59 Å². The first kappa shape index (κ1) is 18.9. The van der Waals surface area contributed by atoms with Gasteiger partial charge in [-0.15, -0.1) is 0 Å². The molecule has 3 aliphatic rings. The van der Waals surface area contributed by atoms with Crippen molar-refractivity contribution in [2.45, 2.75) is 70.9 Å². The molecular weight excluding hydrogens is 388 g/mol. The number of rotatable bonds is 2. The van der Waals surface area contributed by atoms with Crippen LogP contribution in [-0.4, -0.2) is 20.4 Å². The van der Waals surface area contributed by atoms with Crippen LogP contribution in [0.2, 0.25) is 0 Å². The fourth-order valence-electron chi connectivity index (χ4n) is 6.10. The Morgan fingerprint density at radius 1 is 1.03 bits per heavy atom. The van der Waals surface area contributed by atoms with E-state index in [0.717, 1.165) is 48.2 Å². The molecule has 1 atom stereocenters. The molecule has 0 spiro atoms. The molecule has 0 fully saturated rings. The first-order valence-electron chi connectivity index (χ1n) is 11.5. The van der Waals surface area contributed by atoms with Crippen molar-refractivity contribution >= 4 is 16.7 Å². The second-order valence-corrected chi connectivity index (χ2v) is 9.17. The molecule has 2 aromatic heterocycles. The number of aromatic nitrogens is 2. The Kier molecular flexibility index (Phi) is 3.89. The van der Waals surface area contributed by atoms with Crippen LogP contribution in [-0.2, 0) is 42.6 Å². The van der Waals surface area contributed by atoms with Gasteiger partial charge in [-0.2, -0.15) is 0 Å². The number of aryl methyl sites for hydroxylation is 3. The highest BCUT2D eigenvalue weighted by Crippen LogP contribution is 2.43. The average molecular weight is 415 g/mol. The summed E-state index contributed by atoms with van der Waals surface area (Å²) < 4.78 is 1.81. The molecule has 2 aliphatic carbocycles. The zero-order valence-electron chi connectivity index (χ0n) is 18.0. The minimum absolute atomic E-state index is 0.0774. The summed E-state index contributed by atoms with van der Waals surface area (Å²) in [5.74, 6) is -0.191. The third-order valence-corrected chi connectivity index (χ3v) is 7.79. The van der Waals surface area contributed by atoms with E-state index in [9.17, 15) is 14.7 Å². The fourth-order valence-corrected chi connectivity index (χ4v) is 6.10. The second-order valence-electron chi connectivity index (χ2n) is 9.17. The van der Waals surface area contributed by atoms with Crippen molar-refractivity contribution in [2.75, 3.05) is 0 Å². The van der Waals surface area contributed by atoms with E-state index in [0.29, 0.717) is 24.1 Å². The van der Waals surface area contributed by atoms with Crippen LogP contribution in [0, 0.1) is 0 Å². The van der Waals surface area contributed by atoms with Gasteiger partial charge in [0.05, 0.1) is 23.4 Å². The van der Waals surface area contributed by atoms with Gasteiger partial charge in [0.2, 0.25) is 0 Å². The van der Waals surface area contributed by atoms with Gasteiger partial charge in [-0.1, -0.05) is 19.9 Å². The molecule has 1 N–H and O–H groups in total. The van der Waals surface area contributed by atoms with Crippen molar-refractivity contribution in [2.24, 2.45) is 0 Å². The van der Waals surface area contributed by atoms with Gasteiger partial charge in [0, 0.05) is 28.5 Å². The first-order valence-corrected chi connectivity index (χ1v) is 11.5. The van der Waals surface area contributed by atoms with E-state index >= 15 is 0 Å². The number of hydrogen-bond donors (Lipinski definition) is 1. The number of carbonyl (C=O) groups is 1. The number of carbonyl (C=O) groups excluding carboxylic acids is 1. The monoisotopic (exact) mass is 414 g/mol. The molecule has 3 heterocycles. The van der Waals surface area contributed by atoms with Crippen molar-refractivity contribution in [1.82, 2.24) is 9.55 Å². The van der Waals surface area contributed by atoms with Crippen molar-refractivity contribution in [3.63, 3.8) is 0 Å². The Morgan fingerprint density at radius 3 is 2.61 bits per heavy atom. The summed E-state index contributed by atoms with van der Waals surface area (Å²) in [4.78, 5) is 31.1. The number of Topliss-reactive ketones (excluding diaryl/α,β-unsaturated/α-hetero) is 1. The molecule has 0 bridgehead atoms. The Morgan fingerprint density at radius 2 is 1.84 bits per heavy atom. The van der Waals surface area contributed by atoms with E-state index in [-0.39, 0.29) is 24.2 Å². The number of nitrogens with zero attached hydrogens (tertiary/aromatic N) is 2. The number of pyridine rings is 2. The molecule has 0 radical (unpaired) electrons. The fraction of sp³-hybridized carbons (Fsp3) is 0.423. The lowest BCUT2D eigenvalue weighted by Gasteiger charge is -2.32. The highest BCUT2D eigenvalue weighted by Gasteiger charge is 2.43. The predicted molar refractivity (Wildman–Crippen MR) is 119 cm³/mol. The van der Waals surface area contributed by atoms with Crippen LogP contribution in [0.5, 0.6) is 0 Å². The molecule has 1 aliphatic heterocycles. The molecule has 0 unspecified atom stereocenters. The molecule has 1 aromatic carbocycles. The van der Waals surface area contributed by atoms with Crippen LogP contribution < -0.4 is 5.56 Å². The van der Waals surface area contributed by atoms with Crippen LogP contribution in [0.4, 0.5) is 0 Å². The molecule has 6 rings (SSSR count). The van der Waals surface area contributed by atoms with Crippen molar-refractivity contribution < 1.29 is 9.90 Å². The lowest BCUT2D eigenvalue weighted by molar-refractivity contribution is -0.140. The molecule has 5 nitrogen and oxygen atoms in total. The maximum atomic E-state index is 13.5. The molecule has 0 amide bonds. The Hall–Kier alpha value is -2.79. The summed E-state index contributed by atoms with van der Waals surface area (Å²) in [6.45, 7) is 4.53. The maximum absolute atomic E-state index is 13.5. The van der Waals surface area contributed by atoms with Crippen molar-refractivity contribution in [3.05, 3.63) is 61.9 Å². The lowest BCUT2D eigenvalue weighted by Crippen LogP contribution is -2.43. The summed E-state index contributed by atoms with van der Waals surface area (Å²) in [7, 11) is 0. The van der Waals surface area contributed by atoms with Gasteiger partial charge in [-0.25, -0.2) is 4.98 Å². The summed E-state index contributed by atoms with van der Waals surface area (Å²) >= 11 is 0. The zero-order chi connectivity index (χ0) is 21.5. The van der Waals surface area contributed by atoms with Crippen molar-refractivity contribution in [1.29, 1.82) is 0 Å². The van der Waals surface area contributed by atoms with Gasteiger partial charge in [-0.05, 0) is 67.3 Å². The summed E-state index contributed by atoms with van der Waals surface area (Å²) in [6, 6.07) is 6.17. The third-order valence-electron chi connectivity index (χ3n) is 7.79. The Balaban J connectivity index is 1.66. The van der Waals surface area contributed by atoms with Crippen LogP contribution >= 0.6 is 0 Å². The molecule has 158 valence electrons. The van der Waals surface area contributed by atoms with E-state index < -0.39 is 5.60 Å². The van der Waals surface area contributed by atoms with E-state index in [2.05, 4.69) is 19.1 Å². The summed E-state index contributed by atoms with van der Waals surface area (Å²) in [5, 5.41) is 12.4. The van der Waals surface area contributed by atoms with Crippen LogP contribution in [0.25, 0.3) is 22.3 Å². The van der Waals surface area contributed by atoms with E-state index in [1.165, 1.54) is 22.1 Å². The lowest BCUT2D eigenvalue weighted by atomic mass is 9.77. The second kappa shape index (κ2) is 6.36. The van der Waals surface area contributed by atoms with E-state index in [1.807, 2.05) is 10.6 Å². The van der Waals surface area contributed by atoms with Crippen molar-refractivity contribution in [3.8, 4) is 11.4 Å². The maximum Gasteiger partial charge on any atom is 0.254 e. The summed E-state index contributed by atoms with van der Waals surface area (Å²) in [5.41, 5.74) is 7.30. The van der Waals surface area contributed by atoms with Gasteiger partial charge < -0.3 is 9.67 Å². The van der Waals surface area contributed by atoms with Gasteiger partial charge in [0.25, 0.3) is 5.56 Å². The van der Waals surface area contributed by atoms with Gasteiger partial charge in [0.1, 0.15) is 5.60 Å². The molecule has 5 heteroatoms. The number of aliphatic hydroxyl groups is 1.